The van der Waals surface area contributed by atoms with Crippen molar-refractivity contribution in [1.82, 2.24) is 33.1 Å². The van der Waals surface area contributed by atoms with Gasteiger partial charge >= 0.3 is 0 Å². The molecule has 4 N–H and O–H groups in total. The second-order valence-electron chi connectivity index (χ2n) is 16.1. The van der Waals surface area contributed by atoms with Gasteiger partial charge in [-0.05, 0) is 57.0 Å². The van der Waals surface area contributed by atoms with Crippen LogP contribution in [-0.2, 0) is 25.9 Å². The first-order valence-corrected chi connectivity index (χ1v) is 20.6. The number of hydrogen-bond acceptors (Lipinski definition) is 10. The van der Waals surface area contributed by atoms with Gasteiger partial charge in [0.25, 0.3) is 23.6 Å². The Kier molecular flexibility index (Phi) is 11.6. The number of aryl methyl sites for hydroxylation is 3. The maximum absolute atomic E-state index is 13.4. The number of rotatable bonds is 14. The molecule has 5 amide bonds. The summed E-state index contributed by atoms with van der Waals surface area (Å²) in [7, 11) is 6.48. The molecule has 0 radical (unpaired) electrons. The van der Waals surface area contributed by atoms with Crippen molar-refractivity contribution in [2.24, 2.45) is 26.1 Å². The average molecular weight is 869 g/mol. The molecule has 64 heavy (non-hydrogen) atoms. The molecule has 1 atom stereocenters. The first kappa shape index (κ1) is 42.7. The summed E-state index contributed by atoms with van der Waals surface area (Å²) < 4.78 is 18.2. The molecule has 0 bridgehead atoms. The summed E-state index contributed by atoms with van der Waals surface area (Å²) in [4.78, 5) is 81.2. The van der Waals surface area contributed by atoms with Crippen LogP contribution in [-0.4, -0.2) is 95.2 Å². The van der Waals surface area contributed by atoms with Crippen molar-refractivity contribution in [2.75, 3.05) is 41.5 Å². The number of carbonyl (C=O) groups is 5. The highest BCUT2D eigenvalue weighted by molar-refractivity contribution is 6.08. The summed E-state index contributed by atoms with van der Waals surface area (Å²) in [5, 5.41) is 12.1. The molecule has 6 aromatic rings. The number of ether oxygens (including phenoxy) is 2. The molecule has 0 aliphatic carbocycles. The fourth-order valence-electron chi connectivity index (χ4n) is 7.79. The van der Waals surface area contributed by atoms with Crippen molar-refractivity contribution in [1.29, 1.82) is 0 Å². The Balaban J connectivity index is 0.821. The highest BCUT2D eigenvalue weighted by atomic mass is 16.5. The Labute approximate surface area is 367 Å². The van der Waals surface area contributed by atoms with Gasteiger partial charge in [-0.25, -0.2) is 9.97 Å². The van der Waals surface area contributed by atoms with E-state index in [1.54, 1.807) is 78.2 Å². The summed E-state index contributed by atoms with van der Waals surface area (Å²) in [5.74, 6) is -0.902. The number of hydrogen-bond donors (Lipinski definition) is 4. The van der Waals surface area contributed by atoms with E-state index in [0.29, 0.717) is 64.9 Å². The predicted molar refractivity (Wildman–Crippen MR) is 241 cm³/mol. The van der Waals surface area contributed by atoms with Crippen LogP contribution in [0.1, 0.15) is 81.1 Å². The van der Waals surface area contributed by atoms with Crippen LogP contribution in [0.5, 0.6) is 11.5 Å². The molecule has 19 nitrogen and oxygen atoms in total. The van der Waals surface area contributed by atoms with Crippen molar-refractivity contribution in [2.45, 2.75) is 45.2 Å². The first-order chi connectivity index (χ1) is 30.6. The second kappa shape index (κ2) is 17.4. The minimum absolute atomic E-state index is 0.0232. The number of aromatic nitrogens is 6. The van der Waals surface area contributed by atoms with Crippen LogP contribution in [0.3, 0.4) is 0 Å². The average Bonchev–Trinajstić information content (AvgIpc) is 4.08. The van der Waals surface area contributed by atoms with Crippen LogP contribution in [0.2, 0.25) is 0 Å². The van der Waals surface area contributed by atoms with Crippen LogP contribution < -0.4 is 30.7 Å². The van der Waals surface area contributed by atoms with Crippen molar-refractivity contribution < 1.29 is 33.4 Å². The van der Waals surface area contributed by atoms with E-state index >= 15 is 0 Å². The van der Waals surface area contributed by atoms with Gasteiger partial charge < -0.3 is 53.9 Å². The second-order valence-corrected chi connectivity index (χ2v) is 16.1. The van der Waals surface area contributed by atoms with E-state index in [2.05, 4.69) is 61.2 Å². The fourth-order valence-corrected chi connectivity index (χ4v) is 7.79. The van der Waals surface area contributed by atoms with Crippen LogP contribution in [0.15, 0.2) is 84.5 Å². The molecule has 1 aromatic carbocycles. The molecule has 7 heterocycles. The lowest BCUT2D eigenvalue weighted by Gasteiger charge is -2.20. The Hall–Kier alpha value is -7.96. The number of benzene rings is 1. The Morgan fingerprint density at radius 1 is 0.859 bits per heavy atom. The smallest absolute Gasteiger partial charge is 0.291 e. The number of amides is 5. The number of pyridine rings is 1. The molecule has 0 saturated carbocycles. The molecule has 2 aliphatic heterocycles. The molecule has 0 spiro atoms. The monoisotopic (exact) mass is 868 g/mol. The quantitative estimate of drug-likeness (QED) is 0.0737. The van der Waals surface area contributed by atoms with Gasteiger partial charge in [0.05, 0.1) is 54.3 Å². The molecule has 1 fully saturated rings. The standard InChI is InChI=1S/C45H48N12O7/c1-25(2)56-11-10-27-14-28(19-47-40(27)56)48-42(59)34-15-29(22-53(34)4)49-43(60)35-16-30(23-54(35)5)50-44(61)41-52-38(24-55(41)6)51-39(58)9-8-12-64-37-18-33-32(17-36(37)63-7)45(62)57-21-26(3)13-31(57)20-46-33/h10-11,14-20,22-25,31H,3,8-9,12-13,21H2,1-2,4-7H3,(H,48,59)(H,49,60)(H,50,61)(H,51,58)/t31-/m0/s1. The largest absolute Gasteiger partial charge is 0.493 e. The number of carbonyl (C=O) groups excluding carboxylic acids is 5. The highest BCUT2D eigenvalue weighted by Crippen LogP contribution is 2.38. The van der Waals surface area contributed by atoms with Gasteiger partial charge in [-0.3, -0.25) is 29.0 Å². The third-order valence-electron chi connectivity index (χ3n) is 11.0. The number of aliphatic imine (C=N–C) groups is 1. The van der Waals surface area contributed by atoms with E-state index in [4.69, 9.17) is 9.47 Å². The van der Waals surface area contributed by atoms with E-state index in [1.807, 2.05) is 18.3 Å². The van der Waals surface area contributed by atoms with Gasteiger partial charge in [0.15, 0.2) is 17.3 Å². The Morgan fingerprint density at radius 2 is 1.55 bits per heavy atom. The molecule has 8 rings (SSSR count). The number of methoxy groups -OCH3 is 1. The summed E-state index contributed by atoms with van der Waals surface area (Å²) in [6.45, 7) is 8.82. The molecule has 5 aromatic heterocycles. The van der Waals surface area contributed by atoms with Gasteiger partial charge in [-0.1, -0.05) is 12.2 Å². The maximum Gasteiger partial charge on any atom is 0.291 e. The Bertz CT molecular complexity index is 2900. The van der Waals surface area contributed by atoms with E-state index in [1.165, 1.54) is 23.9 Å². The summed E-state index contributed by atoms with van der Waals surface area (Å²) in [6.07, 6.45) is 11.2. The third-order valence-corrected chi connectivity index (χ3v) is 11.0. The normalized spacial score (nSPS) is 14.4. The number of imidazole rings is 1. The fraction of sp³-hybridized carbons (Fsp3) is 0.289. The Morgan fingerprint density at radius 3 is 2.23 bits per heavy atom. The zero-order valence-corrected chi connectivity index (χ0v) is 36.3. The van der Waals surface area contributed by atoms with Gasteiger partial charge in [0.2, 0.25) is 11.7 Å². The van der Waals surface area contributed by atoms with E-state index < -0.39 is 11.8 Å². The molecule has 19 heteroatoms. The van der Waals surface area contributed by atoms with Crippen molar-refractivity contribution in [3.8, 4) is 11.5 Å². The molecule has 330 valence electrons. The minimum Gasteiger partial charge on any atom is -0.493 e. The maximum atomic E-state index is 13.4. The van der Waals surface area contributed by atoms with Gasteiger partial charge in [0.1, 0.15) is 17.0 Å². The minimum atomic E-state index is -0.564. The van der Waals surface area contributed by atoms with E-state index in [9.17, 15) is 24.0 Å². The van der Waals surface area contributed by atoms with Gasteiger partial charge in [0, 0.05) is 82.6 Å². The van der Waals surface area contributed by atoms with Crippen molar-refractivity contribution >= 4 is 75.4 Å². The first-order valence-electron chi connectivity index (χ1n) is 20.6. The topological polar surface area (TPSA) is 213 Å². The predicted octanol–water partition coefficient (Wildman–Crippen LogP) is 6.08. The molecule has 2 aliphatic rings. The number of nitrogens with one attached hydrogen (secondary N) is 4. The van der Waals surface area contributed by atoms with Crippen molar-refractivity contribution in [3.63, 3.8) is 0 Å². The zero-order chi connectivity index (χ0) is 45.4. The summed E-state index contributed by atoms with van der Waals surface area (Å²) in [6, 6.07) is 10.3. The van der Waals surface area contributed by atoms with Crippen LogP contribution >= 0.6 is 0 Å². The lowest BCUT2D eigenvalue weighted by atomic mass is 10.1. The molecular formula is C45H48N12O7. The summed E-state index contributed by atoms with van der Waals surface area (Å²) >= 11 is 0. The third kappa shape index (κ3) is 8.72. The van der Waals surface area contributed by atoms with Crippen LogP contribution in [0.4, 0.5) is 28.6 Å². The van der Waals surface area contributed by atoms with Crippen LogP contribution in [0, 0.1) is 0 Å². The number of nitrogens with zero attached hydrogens (tertiary/aromatic N) is 8. The lowest BCUT2D eigenvalue weighted by Crippen LogP contribution is -2.35. The zero-order valence-electron chi connectivity index (χ0n) is 36.3. The van der Waals surface area contributed by atoms with Crippen molar-refractivity contribution in [3.05, 3.63) is 102 Å². The summed E-state index contributed by atoms with van der Waals surface area (Å²) in [5.41, 5.74) is 4.54. The van der Waals surface area contributed by atoms with Gasteiger partial charge in [-0.2, -0.15) is 0 Å². The SMILES string of the molecule is C=C1C[C@H]2C=Nc3cc(OCCCC(=O)Nc4cn(C)c(C(=O)Nc5cc(C(=O)Nc6cc(C(=O)Nc7cnc8c(ccn8C(C)C)c7)n(C)c6)n(C)c5)n4)c(OC)cc3C(=O)N2C1. The highest BCUT2D eigenvalue weighted by Gasteiger charge is 2.34. The number of anilines is 4. The van der Waals surface area contributed by atoms with Crippen LogP contribution in [0.25, 0.3) is 11.0 Å². The molecule has 1 saturated heterocycles. The molecular weight excluding hydrogens is 821 g/mol. The molecule has 0 unspecified atom stereocenters. The van der Waals surface area contributed by atoms with E-state index in [0.717, 1.165) is 16.6 Å². The number of fused-ring (bicyclic) bond motifs is 3. The van der Waals surface area contributed by atoms with E-state index in [-0.39, 0.29) is 60.2 Å². The van der Waals surface area contributed by atoms with Gasteiger partial charge in [-0.15, -0.1) is 0 Å². The lowest BCUT2D eigenvalue weighted by molar-refractivity contribution is -0.116.